The van der Waals surface area contributed by atoms with Crippen LogP contribution in [-0.2, 0) is 32.0 Å². The van der Waals surface area contributed by atoms with Crippen LogP contribution in [0.2, 0.25) is 0 Å². The molecule has 0 saturated carbocycles. The quantitative estimate of drug-likeness (QED) is 0.0687. The minimum Gasteiger partial charge on any atom is 1.00 e. The van der Waals surface area contributed by atoms with Gasteiger partial charge in [0.15, 0.2) is 0 Å². The number of hydrazone groups is 2. The summed E-state index contributed by atoms with van der Waals surface area (Å²) in [5, 5.41) is 23.7. The summed E-state index contributed by atoms with van der Waals surface area (Å²) < 4.78 is 59.2. The van der Waals surface area contributed by atoms with Gasteiger partial charge in [0.05, 0.1) is 45.3 Å². The Morgan fingerprint density at radius 1 is 0.414 bits per heavy atom. The topological polar surface area (TPSA) is 89.4 Å². The average Bonchev–Trinajstić information content (AvgIpc) is 3.81. The number of nitrogens with zero attached hydrogens (tertiary/aromatic N) is 4. The zero-order chi connectivity index (χ0) is 48.8. The normalized spacial score (nSPS) is 15.8. The smallest absolute Gasteiger partial charge is 1.00 e. The van der Waals surface area contributed by atoms with Crippen LogP contribution >= 0.6 is 7.81 Å². The van der Waals surface area contributed by atoms with Gasteiger partial charge >= 0.3 is 55.4 Å². The summed E-state index contributed by atoms with van der Waals surface area (Å²) in [7, 11) is -10.7. The van der Waals surface area contributed by atoms with Crippen LogP contribution in [0, 0.1) is 0 Å². The Morgan fingerprint density at radius 3 is 1.04 bits per heavy atom. The van der Waals surface area contributed by atoms with Crippen molar-refractivity contribution >= 4 is 86.7 Å². The van der Waals surface area contributed by atoms with Crippen LogP contribution in [0.1, 0.15) is 25.0 Å². The van der Waals surface area contributed by atoms with Gasteiger partial charge in [0.2, 0.25) is 0 Å². The maximum Gasteiger partial charge on any atom is 1.00 e. The molecule has 2 N–H and O–H groups in total. The van der Waals surface area contributed by atoms with Crippen molar-refractivity contribution in [2.75, 3.05) is 20.7 Å². The van der Waals surface area contributed by atoms with E-state index in [0.29, 0.717) is 22.6 Å². The van der Waals surface area contributed by atoms with Crippen molar-refractivity contribution in [3.05, 3.63) is 229 Å². The van der Waals surface area contributed by atoms with E-state index in [1.54, 1.807) is 0 Å². The third kappa shape index (κ3) is 12.5. The fourth-order valence-corrected chi connectivity index (χ4v) is 7.78. The Labute approximate surface area is 415 Å². The van der Waals surface area contributed by atoms with Gasteiger partial charge in [-0.15, -0.1) is 0 Å². The van der Waals surface area contributed by atoms with Gasteiger partial charge in [0, 0.05) is 22.1 Å². The van der Waals surface area contributed by atoms with E-state index in [-0.39, 0.29) is 34.2 Å². The Bertz CT molecular complexity index is 3110. The molecule has 8 aromatic carbocycles. The van der Waals surface area contributed by atoms with Gasteiger partial charge in [-0.2, -0.15) is 20.2 Å². The zero-order valence-electron chi connectivity index (χ0n) is 37.3. The number of carbonyl (C=O) groups excluding carboxylic acids is 2. The predicted molar refractivity (Wildman–Crippen MR) is 270 cm³/mol. The first-order valence-corrected chi connectivity index (χ1v) is 23.5. The summed E-state index contributed by atoms with van der Waals surface area (Å²) >= 11 is 0. The van der Waals surface area contributed by atoms with E-state index in [1.165, 1.54) is 10.0 Å². The average molecular weight is 1060 g/mol. The molecule has 358 valence electrons. The molecule has 0 bridgehead atoms. The molecule has 2 amide bonds. The fraction of sp³-hybridized carbons (Fsp3) is 0.0370. The molecule has 8 aromatic rings. The molecule has 0 aliphatic carbocycles. The molecule has 0 aromatic heterocycles. The first-order chi connectivity index (χ1) is 32.9. The van der Waals surface area contributed by atoms with E-state index in [0.717, 1.165) is 66.8 Å². The minimum absolute atomic E-state index is 0. The van der Waals surface area contributed by atoms with Gasteiger partial charge in [0.1, 0.15) is 0 Å². The van der Waals surface area contributed by atoms with Crippen LogP contribution in [0.25, 0.3) is 32.9 Å². The largest absolute Gasteiger partial charge is 1.00 e. The second-order valence-electron chi connectivity index (χ2n) is 15.8. The molecule has 2 aliphatic rings. The van der Waals surface area contributed by atoms with Crippen molar-refractivity contribution in [1.29, 1.82) is 0 Å². The molecule has 0 atom stereocenters. The predicted octanol–water partition coefficient (Wildman–Crippen LogP) is 15.6. The summed E-state index contributed by atoms with van der Waals surface area (Å²) in [6.07, 6.45) is 0. The third-order valence-electron chi connectivity index (χ3n) is 10.8. The Balaban J connectivity index is 0.000000180. The molecule has 2 aliphatic heterocycles. The van der Waals surface area contributed by atoms with Crippen molar-refractivity contribution < 1.29 is 57.2 Å². The summed E-state index contributed by atoms with van der Waals surface area (Å²) in [5.41, 5.74) is 9.27. The van der Waals surface area contributed by atoms with E-state index in [9.17, 15) is 34.8 Å². The number of halogens is 6. The first-order valence-electron chi connectivity index (χ1n) is 21.4. The van der Waals surface area contributed by atoms with Crippen molar-refractivity contribution in [2.24, 2.45) is 10.2 Å². The van der Waals surface area contributed by atoms with Gasteiger partial charge in [-0.1, -0.05) is 170 Å². The molecular formula is C54H42AgF6N6O2P. The van der Waals surface area contributed by atoms with E-state index in [4.69, 9.17) is 0 Å². The summed E-state index contributed by atoms with van der Waals surface area (Å²) in [5.74, 6) is -0.287. The number of hydrogen-bond donors (Lipinski definition) is 2. The maximum atomic E-state index is 13.5. The monoisotopic (exact) mass is 1060 g/mol. The number of hydrogen-bond acceptors (Lipinski definition) is 6. The summed E-state index contributed by atoms with van der Waals surface area (Å²) in [6.45, 7) is 3.76. The van der Waals surface area contributed by atoms with Crippen LogP contribution in [0.3, 0.4) is 0 Å². The van der Waals surface area contributed by atoms with Crippen LogP contribution < -0.4 is 20.7 Å². The Hall–Kier alpha value is -7.61. The molecule has 2 heterocycles. The number of amides is 2. The molecule has 10 rings (SSSR count). The van der Waals surface area contributed by atoms with Gasteiger partial charge in [-0.25, -0.2) is 0 Å². The number of para-hydroxylation sites is 2. The van der Waals surface area contributed by atoms with Crippen molar-refractivity contribution in [2.45, 2.75) is 13.8 Å². The van der Waals surface area contributed by atoms with E-state index in [1.807, 2.05) is 184 Å². The third-order valence-corrected chi connectivity index (χ3v) is 10.8. The second-order valence-corrected chi connectivity index (χ2v) is 17.7. The maximum absolute atomic E-state index is 13.5. The van der Waals surface area contributed by atoms with E-state index < -0.39 is 7.81 Å². The van der Waals surface area contributed by atoms with Crippen molar-refractivity contribution in [1.82, 2.24) is 0 Å². The SMILES string of the molecule is CC1=NN(c2ccccc2)C(=O)/C1=C(\Nc1cccc2ccccc12)c1ccccc1.CC1=NN(c2ccccc2)C(=O)/C1=C(\Nc1cccc2ccccc12)c1ccccc1.F[P-](F)(F)(F)(F)F.[Ag+]. The van der Waals surface area contributed by atoms with Crippen molar-refractivity contribution in [3.8, 4) is 0 Å². The standard InChI is InChI=1S/2C27H21N3O.Ag.F6P/c2*1-19-25(27(31)30(29-19)22-15-6-3-7-16-22)26(21-12-4-2-5-13-21)28-24-18-10-14-20-11-8-9-17-23(20)24;;1-7(2,3,4,5)6/h2*2-18,28H,1H3;;/q;;+1;-1/b2*26-25-;;. The molecule has 0 unspecified atom stereocenters. The molecule has 16 heteroatoms. The van der Waals surface area contributed by atoms with Gasteiger partial charge in [-0.3, -0.25) is 9.59 Å². The Kier molecular flexibility index (Phi) is 14.5. The first kappa shape index (κ1) is 50.3. The molecule has 70 heavy (non-hydrogen) atoms. The number of rotatable bonds is 8. The summed E-state index contributed by atoms with van der Waals surface area (Å²) in [6, 6.07) is 67.6. The Morgan fingerprint density at radius 2 is 0.700 bits per heavy atom. The van der Waals surface area contributed by atoms with Gasteiger partial charge in [0.25, 0.3) is 11.8 Å². The van der Waals surface area contributed by atoms with E-state index >= 15 is 0 Å². The number of fused-ring (bicyclic) bond motifs is 2. The molecule has 0 spiro atoms. The van der Waals surface area contributed by atoms with Crippen LogP contribution in [0.4, 0.5) is 47.9 Å². The molecule has 0 saturated heterocycles. The molecular weight excluding hydrogens is 1020 g/mol. The number of anilines is 4. The number of nitrogens with one attached hydrogen (secondary N) is 2. The van der Waals surface area contributed by atoms with E-state index in [2.05, 4.69) is 57.2 Å². The van der Waals surface area contributed by atoms with Gasteiger partial charge in [-0.05, 0) is 72.1 Å². The second kappa shape index (κ2) is 20.2. The van der Waals surface area contributed by atoms with Crippen molar-refractivity contribution in [3.63, 3.8) is 0 Å². The summed E-state index contributed by atoms with van der Waals surface area (Å²) in [4.78, 5) is 27.0. The van der Waals surface area contributed by atoms with Crippen LogP contribution in [0.5, 0.6) is 0 Å². The molecule has 8 nitrogen and oxygen atoms in total. The van der Waals surface area contributed by atoms with Gasteiger partial charge < -0.3 is 10.6 Å². The number of benzene rings is 8. The zero-order valence-corrected chi connectivity index (χ0v) is 39.6. The van der Waals surface area contributed by atoms with Crippen LogP contribution in [-0.4, -0.2) is 23.2 Å². The minimum atomic E-state index is -10.7. The molecule has 0 radical (unpaired) electrons. The fourth-order valence-electron chi connectivity index (χ4n) is 7.78. The number of carbonyl (C=O) groups is 2. The molecule has 0 fully saturated rings. The van der Waals surface area contributed by atoms with Crippen LogP contribution in [0.15, 0.2) is 228 Å².